The molecule has 0 radical (unpaired) electrons. The van der Waals surface area contributed by atoms with E-state index < -0.39 is 12.5 Å². The number of amides is 1. The number of alkyl halides is 2. The van der Waals surface area contributed by atoms with Gasteiger partial charge in [-0.25, -0.2) is 0 Å². The smallest absolute Gasteiger partial charge is 0.387 e. The number of aromatic nitrogens is 2. The Morgan fingerprint density at radius 1 is 1.39 bits per heavy atom. The second-order valence-electron chi connectivity index (χ2n) is 3.32. The number of anilines is 1. The lowest BCUT2D eigenvalue weighted by Gasteiger charge is -2.10. The fraction of sp³-hybridized carbons (Fsp3) is 0.0909. The summed E-state index contributed by atoms with van der Waals surface area (Å²) in [5.41, 5.74) is 0.464. The minimum atomic E-state index is -2.95. The largest absolute Gasteiger partial charge is 0.433 e. The zero-order valence-electron chi connectivity index (χ0n) is 9.06. The van der Waals surface area contributed by atoms with Gasteiger partial charge in [0.2, 0.25) is 0 Å². The molecule has 7 heteroatoms. The number of hydrogen-bond donors (Lipinski definition) is 2. The Labute approximate surface area is 101 Å². The van der Waals surface area contributed by atoms with Crippen molar-refractivity contribution in [3.63, 3.8) is 0 Å². The molecule has 0 fully saturated rings. The quantitative estimate of drug-likeness (QED) is 0.878. The number of carbonyl (C=O) groups excluding carboxylic acids is 1. The van der Waals surface area contributed by atoms with Crippen molar-refractivity contribution >= 4 is 11.6 Å². The van der Waals surface area contributed by atoms with Crippen LogP contribution >= 0.6 is 0 Å². The number of carbonyl (C=O) groups is 1. The van der Waals surface area contributed by atoms with Crippen molar-refractivity contribution in [3.8, 4) is 5.75 Å². The highest BCUT2D eigenvalue weighted by Gasteiger charge is 2.12. The van der Waals surface area contributed by atoms with Gasteiger partial charge in [0, 0.05) is 6.20 Å². The zero-order valence-corrected chi connectivity index (χ0v) is 9.06. The molecule has 0 aliphatic carbocycles. The van der Waals surface area contributed by atoms with Gasteiger partial charge in [0.25, 0.3) is 5.91 Å². The molecule has 2 N–H and O–H groups in total. The number of aromatic amines is 1. The molecule has 18 heavy (non-hydrogen) atoms. The maximum atomic E-state index is 12.2. The summed E-state index contributed by atoms with van der Waals surface area (Å²) in [6.45, 7) is -2.95. The SMILES string of the molecule is O=C(Nc1ccccc1OC(F)F)c1cn[nH]c1. The van der Waals surface area contributed by atoms with Crippen LogP contribution < -0.4 is 10.1 Å². The number of benzene rings is 1. The lowest BCUT2D eigenvalue weighted by atomic mass is 10.2. The van der Waals surface area contributed by atoms with E-state index in [2.05, 4.69) is 20.3 Å². The van der Waals surface area contributed by atoms with Gasteiger partial charge < -0.3 is 10.1 Å². The van der Waals surface area contributed by atoms with Crippen LogP contribution in [0.5, 0.6) is 5.75 Å². The van der Waals surface area contributed by atoms with E-state index >= 15 is 0 Å². The number of H-pyrrole nitrogens is 1. The van der Waals surface area contributed by atoms with E-state index in [1.165, 1.54) is 30.6 Å². The van der Waals surface area contributed by atoms with Gasteiger partial charge in [-0.05, 0) is 12.1 Å². The summed E-state index contributed by atoms with van der Waals surface area (Å²) in [6, 6.07) is 5.95. The fourth-order valence-corrected chi connectivity index (χ4v) is 1.34. The lowest BCUT2D eigenvalue weighted by Crippen LogP contribution is -2.13. The standard InChI is InChI=1S/C11H9F2N3O2/c12-11(13)18-9-4-2-1-3-8(9)16-10(17)7-5-14-15-6-7/h1-6,11H,(H,14,15)(H,16,17). The van der Waals surface area contributed by atoms with Crippen LogP contribution in [0.1, 0.15) is 10.4 Å². The number of nitrogens with zero attached hydrogens (tertiary/aromatic N) is 1. The third-order valence-corrected chi connectivity index (χ3v) is 2.11. The number of hydrogen-bond acceptors (Lipinski definition) is 3. The van der Waals surface area contributed by atoms with E-state index in [9.17, 15) is 13.6 Å². The summed E-state index contributed by atoms with van der Waals surface area (Å²) in [7, 11) is 0. The maximum Gasteiger partial charge on any atom is 0.387 e. The fourth-order valence-electron chi connectivity index (χ4n) is 1.34. The summed E-state index contributed by atoms with van der Waals surface area (Å²) in [5.74, 6) is -0.557. The van der Waals surface area contributed by atoms with E-state index in [0.717, 1.165) is 0 Å². The van der Waals surface area contributed by atoms with E-state index in [1.807, 2.05) is 0 Å². The lowest BCUT2D eigenvalue weighted by molar-refractivity contribution is -0.0493. The number of ether oxygens (including phenoxy) is 1. The minimum Gasteiger partial charge on any atom is -0.433 e. The van der Waals surface area contributed by atoms with Crippen molar-refractivity contribution in [1.82, 2.24) is 10.2 Å². The predicted molar refractivity (Wildman–Crippen MR) is 59.6 cm³/mol. The van der Waals surface area contributed by atoms with Crippen molar-refractivity contribution in [3.05, 3.63) is 42.2 Å². The first kappa shape index (κ1) is 12.0. The molecule has 1 heterocycles. The Morgan fingerprint density at radius 2 is 2.17 bits per heavy atom. The molecule has 94 valence electrons. The third kappa shape index (κ3) is 2.82. The van der Waals surface area contributed by atoms with Crippen LogP contribution in [0.25, 0.3) is 0 Å². The summed E-state index contributed by atoms with van der Waals surface area (Å²) in [5, 5.41) is 8.56. The summed E-state index contributed by atoms with van der Waals surface area (Å²) >= 11 is 0. The molecule has 2 rings (SSSR count). The van der Waals surface area contributed by atoms with E-state index in [4.69, 9.17) is 0 Å². The number of rotatable bonds is 4. The van der Waals surface area contributed by atoms with Gasteiger partial charge in [-0.1, -0.05) is 12.1 Å². The molecule has 5 nitrogen and oxygen atoms in total. The van der Waals surface area contributed by atoms with Crippen LogP contribution in [0.4, 0.5) is 14.5 Å². The van der Waals surface area contributed by atoms with Crippen molar-refractivity contribution in [1.29, 1.82) is 0 Å². The average molecular weight is 253 g/mol. The zero-order chi connectivity index (χ0) is 13.0. The van der Waals surface area contributed by atoms with Crippen LogP contribution in [-0.2, 0) is 0 Å². The maximum absolute atomic E-state index is 12.2. The Morgan fingerprint density at radius 3 is 2.83 bits per heavy atom. The van der Waals surface area contributed by atoms with Crippen molar-refractivity contribution in [2.75, 3.05) is 5.32 Å². The molecule has 2 aromatic rings. The van der Waals surface area contributed by atoms with Gasteiger partial charge in [0.15, 0.2) is 0 Å². The third-order valence-electron chi connectivity index (χ3n) is 2.11. The second-order valence-corrected chi connectivity index (χ2v) is 3.32. The molecule has 0 bridgehead atoms. The summed E-state index contributed by atoms with van der Waals surface area (Å²) < 4.78 is 28.6. The van der Waals surface area contributed by atoms with Crippen LogP contribution in [0.2, 0.25) is 0 Å². The van der Waals surface area contributed by atoms with Crippen LogP contribution in [-0.4, -0.2) is 22.7 Å². The van der Waals surface area contributed by atoms with Gasteiger partial charge in [0.1, 0.15) is 5.75 Å². The second kappa shape index (κ2) is 5.26. The summed E-state index contributed by atoms with van der Waals surface area (Å²) in [6.07, 6.45) is 2.72. The molecule has 0 saturated carbocycles. The molecule has 1 amide bonds. The van der Waals surface area contributed by atoms with Crippen molar-refractivity contribution < 1.29 is 18.3 Å². The van der Waals surface area contributed by atoms with Gasteiger partial charge in [-0.2, -0.15) is 13.9 Å². The normalized spacial score (nSPS) is 10.4. The van der Waals surface area contributed by atoms with Crippen LogP contribution in [0.15, 0.2) is 36.7 Å². The Bertz CT molecular complexity index is 529. The molecule has 0 atom stereocenters. The van der Waals surface area contributed by atoms with Crippen LogP contribution in [0, 0.1) is 0 Å². The van der Waals surface area contributed by atoms with E-state index in [1.54, 1.807) is 6.07 Å². The van der Waals surface area contributed by atoms with Gasteiger partial charge in [-0.15, -0.1) is 0 Å². The molecule has 0 spiro atoms. The van der Waals surface area contributed by atoms with Gasteiger partial charge >= 0.3 is 6.61 Å². The Balaban J connectivity index is 2.16. The predicted octanol–water partition coefficient (Wildman–Crippen LogP) is 2.26. The molecular weight excluding hydrogens is 244 g/mol. The van der Waals surface area contributed by atoms with Crippen molar-refractivity contribution in [2.24, 2.45) is 0 Å². The molecule has 0 unspecified atom stereocenters. The summed E-state index contributed by atoms with van der Waals surface area (Å²) in [4.78, 5) is 11.7. The topological polar surface area (TPSA) is 67.0 Å². The minimum absolute atomic E-state index is 0.0932. The monoisotopic (exact) mass is 253 g/mol. The molecule has 0 aliphatic rings. The van der Waals surface area contributed by atoms with E-state index in [0.29, 0.717) is 5.56 Å². The van der Waals surface area contributed by atoms with Gasteiger partial charge in [0.05, 0.1) is 17.4 Å². The molecule has 0 saturated heterocycles. The first-order valence-corrected chi connectivity index (χ1v) is 5.01. The average Bonchev–Trinajstić information content (AvgIpc) is 2.84. The molecular formula is C11H9F2N3O2. The highest BCUT2D eigenvalue weighted by atomic mass is 19.3. The number of nitrogens with one attached hydrogen (secondary N) is 2. The van der Waals surface area contributed by atoms with Crippen LogP contribution in [0.3, 0.4) is 0 Å². The first-order valence-electron chi connectivity index (χ1n) is 5.01. The highest BCUT2D eigenvalue weighted by Crippen LogP contribution is 2.25. The van der Waals surface area contributed by atoms with Crippen molar-refractivity contribution in [2.45, 2.75) is 6.61 Å². The Kier molecular flexibility index (Phi) is 3.52. The van der Waals surface area contributed by atoms with Gasteiger partial charge in [-0.3, -0.25) is 9.89 Å². The first-order chi connectivity index (χ1) is 8.66. The highest BCUT2D eigenvalue weighted by molar-refractivity contribution is 6.04. The Hall–Kier alpha value is -2.44. The molecule has 1 aromatic heterocycles. The molecule has 1 aromatic carbocycles. The van der Waals surface area contributed by atoms with E-state index in [-0.39, 0.29) is 11.4 Å². The molecule has 0 aliphatic heterocycles. The number of para-hydroxylation sites is 2. The number of halogens is 2.